The van der Waals surface area contributed by atoms with E-state index in [-0.39, 0.29) is 0 Å². The van der Waals surface area contributed by atoms with Crippen molar-refractivity contribution in [1.82, 2.24) is 10.3 Å². The number of nitrogens with one attached hydrogen (secondary N) is 1. The fourth-order valence-electron chi connectivity index (χ4n) is 2.00. The molecule has 0 radical (unpaired) electrons. The van der Waals surface area contributed by atoms with Crippen molar-refractivity contribution in [1.29, 1.82) is 5.26 Å². The third-order valence-electron chi connectivity index (χ3n) is 3.18. The lowest BCUT2D eigenvalue weighted by Gasteiger charge is -2.26. The SMILES string of the molecule is CNC(C#N)(CCSc1nc(C)co1)c1ccccc1. The second-order valence-corrected chi connectivity index (χ2v) is 5.53. The molecule has 0 bridgehead atoms. The van der Waals surface area contributed by atoms with Crippen LogP contribution in [0.1, 0.15) is 17.7 Å². The number of thioether (sulfide) groups is 1. The lowest BCUT2D eigenvalue weighted by molar-refractivity contribution is 0.445. The molecule has 104 valence electrons. The summed E-state index contributed by atoms with van der Waals surface area (Å²) in [5.74, 6) is 0.753. The molecule has 1 unspecified atom stereocenters. The summed E-state index contributed by atoms with van der Waals surface area (Å²) in [5, 5.41) is 13.4. The number of oxazole rings is 1. The summed E-state index contributed by atoms with van der Waals surface area (Å²) in [4.78, 5) is 4.25. The largest absolute Gasteiger partial charge is 0.440 e. The maximum absolute atomic E-state index is 9.57. The number of benzene rings is 1. The molecule has 1 atom stereocenters. The van der Waals surface area contributed by atoms with Gasteiger partial charge < -0.3 is 4.42 Å². The topological polar surface area (TPSA) is 61.9 Å². The Morgan fingerprint density at radius 2 is 2.15 bits per heavy atom. The van der Waals surface area contributed by atoms with E-state index in [2.05, 4.69) is 16.4 Å². The van der Waals surface area contributed by atoms with E-state index >= 15 is 0 Å². The number of nitriles is 1. The second-order valence-electron chi connectivity index (χ2n) is 4.49. The van der Waals surface area contributed by atoms with E-state index in [1.54, 1.807) is 6.26 Å². The highest BCUT2D eigenvalue weighted by Gasteiger charge is 2.29. The monoisotopic (exact) mass is 287 g/mol. The molecule has 0 amide bonds. The lowest BCUT2D eigenvalue weighted by atomic mass is 9.89. The molecule has 1 aromatic heterocycles. The molecule has 0 aliphatic rings. The van der Waals surface area contributed by atoms with Gasteiger partial charge in [0.15, 0.2) is 0 Å². The van der Waals surface area contributed by atoms with Gasteiger partial charge in [-0.1, -0.05) is 42.1 Å². The first-order valence-corrected chi connectivity index (χ1v) is 7.39. The highest BCUT2D eigenvalue weighted by molar-refractivity contribution is 7.99. The van der Waals surface area contributed by atoms with Gasteiger partial charge in [-0.05, 0) is 26.0 Å². The Bertz CT molecular complexity index is 591. The summed E-state index contributed by atoms with van der Waals surface area (Å²) in [6.45, 7) is 1.89. The zero-order valence-electron chi connectivity index (χ0n) is 11.6. The minimum Gasteiger partial charge on any atom is -0.440 e. The van der Waals surface area contributed by atoms with Gasteiger partial charge in [-0.2, -0.15) is 5.26 Å². The summed E-state index contributed by atoms with van der Waals surface area (Å²) in [6, 6.07) is 12.2. The molecule has 1 heterocycles. The van der Waals surface area contributed by atoms with E-state index in [0.29, 0.717) is 11.6 Å². The highest BCUT2D eigenvalue weighted by atomic mass is 32.2. The molecule has 2 rings (SSSR count). The van der Waals surface area contributed by atoms with Crippen LogP contribution >= 0.6 is 11.8 Å². The van der Waals surface area contributed by atoms with Gasteiger partial charge in [-0.15, -0.1) is 0 Å². The molecule has 0 fully saturated rings. The normalized spacial score (nSPS) is 13.7. The van der Waals surface area contributed by atoms with Crippen molar-refractivity contribution in [2.75, 3.05) is 12.8 Å². The van der Waals surface area contributed by atoms with E-state index < -0.39 is 5.54 Å². The molecule has 0 aliphatic carbocycles. The van der Waals surface area contributed by atoms with Crippen molar-refractivity contribution in [3.8, 4) is 6.07 Å². The van der Waals surface area contributed by atoms with Gasteiger partial charge in [0, 0.05) is 5.75 Å². The zero-order chi connectivity index (χ0) is 14.4. The van der Waals surface area contributed by atoms with Crippen molar-refractivity contribution in [2.24, 2.45) is 0 Å². The Morgan fingerprint density at radius 3 is 2.70 bits per heavy atom. The molecular weight excluding hydrogens is 270 g/mol. The number of aromatic nitrogens is 1. The summed E-state index contributed by atoms with van der Waals surface area (Å²) in [6.07, 6.45) is 2.31. The molecule has 5 heteroatoms. The lowest BCUT2D eigenvalue weighted by Crippen LogP contribution is -2.39. The summed E-state index contributed by atoms with van der Waals surface area (Å²) < 4.78 is 5.30. The molecule has 1 aromatic carbocycles. The van der Waals surface area contributed by atoms with Crippen LogP contribution in [0.5, 0.6) is 0 Å². The zero-order valence-corrected chi connectivity index (χ0v) is 12.4. The van der Waals surface area contributed by atoms with E-state index in [0.717, 1.165) is 17.0 Å². The van der Waals surface area contributed by atoms with Crippen LogP contribution in [-0.2, 0) is 5.54 Å². The van der Waals surface area contributed by atoms with E-state index in [9.17, 15) is 5.26 Å². The first-order valence-electron chi connectivity index (χ1n) is 6.41. The van der Waals surface area contributed by atoms with Crippen LogP contribution in [0.2, 0.25) is 0 Å². The fourth-order valence-corrected chi connectivity index (χ4v) is 2.91. The summed E-state index contributed by atoms with van der Waals surface area (Å²) in [5.41, 5.74) is 1.18. The molecule has 0 saturated carbocycles. The van der Waals surface area contributed by atoms with Crippen LogP contribution in [-0.4, -0.2) is 17.8 Å². The van der Waals surface area contributed by atoms with Crippen LogP contribution in [0.3, 0.4) is 0 Å². The Balaban J connectivity index is 2.05. The van der Waals surface area contributed by atoms with E-state index in [1.165, 1.54) is 11.8 Å². The second kappa shape index (κ2) is 6.60. The number of nitrogens with zero attached hydrogens (tertiary/aromatic N) is 2. The summed E-state index contributed by atoms with van der Waals surface area (Å²) >= 11 is 1.52. The molecule has 0 spiro atoms. The average Bonchev–Trinajstić information content (AvgIpc) is 2.90. The van der Waals surface area contributed by atoms with Crippen molar-refractivity contribution in [3.05, 3.63) is 47.9 Å². The van der Waals surface area contributed by atoms with Gasteiger partial charge in [0.2, 0.25) is 0 Å². The van der Waals surface area contributed by atoms with Gasteiger partial charge in [0.1, 0.15) is 11.8 Å². The van der Waals surface area contributed by atoms with Gasteiger partial charge in [-0.25, -0.2) is 4.98 Å². The van der Waals surface area contributed by atoms with Crippen LogP contribution < -0.4 is 5.32 Å². The molecule has 0 saturated heterocycles. The molecular formula is C15H17N3OS. The van der Waals surface area contributed by atoms with E-state index in [4.69, 9.17) is 4.42 Å². The molecule has 2 aromatic rings. The Hall–Kier alpha value is -1.77. The van der Waals surface area contributed by atoms with Crippen molar-refractivity contribution in [3.63, 3.8) is 0 Å². The Labute approximate surface area is 123 Å². The number of aryl methyl sites for hydroxylation is 1. The van der Waals surface area contributed by atoms with Crippen LogP contribution in [0.25, 0.3) is 0 Å². The minimum absolute atomic E-state index is 0.651. The predicted molar refractivity (Wildman–Crippen MR) is 79.4 cm³/mol. The standard InChI is InChI=1S/C15H17N3OS/c1-12-10-19-14(18-12)20-9-8-15(11-16,17-2)13-6-4-3-5-7-13/h3-7,10,17H,8-9H2,1-2H3. The third kappa shape index (κ3) is 3.21. The number of rotatable bonds is 6. The average molecular weight is 287 g/mol. The van der Waals surface area contributed by atoms with Gasteiger partial charge >= 0.3 is 0 Å². The van der Waals surface area contributed by atoms with Crippen LogP contribution in [0.15, 0.2) is 46.2 Å². The summed E-state index contributed by atoms with van der Waals surface area (Å²) in [7, 11) is 1.82. The van der Waals surface area contributed by atoms with Crippen molar-refractivity contribution < 1.29 is 4.42 Å². The van der Waals surface area contributed by atoms with Crippen molar-refractivity contribution in [2.45, 2.75) is 24.1 Å². The van der Waals surface area contributed by atoms with Crippen molar-refractivity contribution >= 4 is 11.8 Å². The van der Waals surface area contributed by atoms with Gasteiger partial charge in [-0.3, -0.25) is 5.32 Å². The number of hydrogen-bond donors (Lipinski definition) is 1. The molecule has 0 aliphatic heterocycles. The number of hydrogen-bond acceptors (Lipinski definition) is 5. The molecule has 4 nitrogen and oxygen atoms in total. The first-order chi connectivity index (χ1) is 9.70. The van der Waals surface area contributed by atoms with Gasteiger partial charge in [0.05, 0.1) is 11.8 Å². The Morgan fingerprint density at radius 1 is 1.40 bits per heavy atom. The van der Waals surface area contributed by atoms with E-state index in [1.807, 2.05) is 44.3 Å². The fraction of sp³-hybridized carbons (Fsp3) is 0.333. The minimum atomic E-state index is -0.671. The Kier molecular flexibility index (Phi) is 4.83. The molecule has 1 N–H and O–H groups in total. The molecule has 20 heavy (non-hydrogen) atoms. The maximum Gasteiger partial charge on any atom is 0.255 e. The first kappa shape index (κ1) is 14.6. The quantitative estimate of drug-likeness (QED) is 0.827. The third-order valence-corrected chi connectivity index (χ3v) is 4.03. The van der Waals surface area contributed by atoms with Gasteiger partial charge in [0.25, 0.3) is 5.22 Å². The highest BCUT2D eigenvalue weighted by Crippen LogP contribution is 2.28. The van der Waals surface area contributed by atoms with Crippen LogP contribution in [0.4, 0.5) is 0 Å². The smallest absolute Gasteiger partial charge is 0.255 e. The predicted octanol–water partition coefficient (Wildman–Crippen LogP) is 3.10. The van der Waals surface area contributed by atoms with Crippen LogP contribution in [0, 0.1) is 18.3 Å². The maximum atomic E-state index is 9.57.